The van der Waals surface area contributed by atoms with Gasteiger partial charge in [-0.15, -0.1) is 24.0 Å². The van der Waals surface area contributed by atoms with Crippen molar-refractivity contribution in [3.05, 3.63) is 29.8 Å². The second-order valence-electron chi connectivity index (χ2n) is 8.84. The Balaban J connectivity index is 0.00000512. The lowest BCUT2D eigenvalue weighted by molar-refractivity contribution is -0.130. The molecule has 7 nitrogen and oxygen atoms in total. The van der Waals surface area contributed by atoms with E-state index in [4.69, 9.17) is 9.73 Å². The summed E-state index contributed by atoms with van der Waals surface area (Å²) in [7, 11) is 3.62. The van der Waals surface area contributed by atoms with Crippen LogP contribution in [0.25, 0.3) is 0 Å². The van der Waals surface area contributed by atoms with Crippen LogP contribution in [0.3, 0.4) is 0 Å². The molecule has 1 aromatic rings. The maximum Gasteiger partial charge on any atom is 0.236 e. The monoisotopic (exact) mass is 559 g/mol. The molecule has 1 heterocycles. The number of hydrogen-bond donors (Lipinski definition) is 2. The largest absolute Gasteiger partial charge is 0.493 e. The molecule has 8 heteroatoms. The van der Waals surface area contributed by atoms with Crippen LogP contribution in [0.4, 0.5) is 0 Å². The second-order valence-corrected chi connectivity index (χ2v) is 8.84. The smallest absolute Gasteiger partial charge is 0.236 e. The van der Waals surface area contributed by atoms with Gasteiger partial charge in [-0.1, -0.05) is 26.0 Å². The first-order chi connectivity index (χ1) is 14.9. The Morgan fingerprint density at radius 3 is 2.44 bits per heavy atom. The third-order valence-electron chi connectivity index (χ3n) is 5.31. The average molecular weight is 560 g/mol. The number of amides is 1. The SMILES string of the molecule is CCNC(=NCCc1ccc(OCC(C)C)cc1)NC1CCN(CC(=O)N(C)C)CC1.I. The molecule has 1 aliphatic heterocycles. The van der Waals surface area contributed by atoms with Crippen molar-refractivity contribution in [2.75, 3.05) is 53.4 Å². The number of carbonyl (C=O) groups excluding carboxylic acids is 1. The Morgan fingerprint density at radius 2 is 1.88 bits per heavy atom. The number of likely N-dealkylation sites (tertiary alicyclic amines) is 1. The molecule has 0 bridgehead atoms. The van der Waals surface area contributed by atoms with Crippen LogP contribution < -0.4 is 15.4 Å². The second kappa shape index (κ2) is 15.3. The third kappa shape index (κ3) is 10.8. The minimum Gasteiger partial charge on any atom is -0.493 e. The fourth-order valence-corrected chi connectivity index (χ4v) is 3.39. The summed E-state index contributed by atoms with van der Waals surface area (Å²) in [6.07, 6.45) is 2.93. The van der Waals surface area contributed by atoms with Crippen molar-refractivity contribution in [3.8, 4) is 5.75 Å². The van der Waals surface area contributed by atoms with Gasteiger partial charge < -0.3 is 20.3 Å². The predicted octanol–water partition coefficient (Wildman–Crippen LogP) is 2.99. The summed E-state index contributed by atoms with van der Waals surface area (Å²) in [5.74, 6) is 2.50. The van der Waals surface area contributed by atoms with Crippen LogP contribution in [0.2, 0.25) is 0 Å². The van der Waals surface area contributed by atoms with E-state index in [1.165, 1.54) is 5.56 Å². The van der Waals surface area contributed by atoms with Gasteiger partial charge >= 0.3 is 0 Å². The van der Waals surface area contributed by atoms with Gasteiger partial charge in [-0.3, -0.25) is 14.7 Å². The van der Waals surface area contributed by atoms with E-state index < -0.39 is 0 Å². The van der Waals surface area contributed by atoms with Gasteiger partial charge in [0.25, 0.3) is 0 Å². The number of nitrogens with one attached hydrogen (secondary N) is 2. The molecule has 0 radical (unpaired) electrons. The molecule has 0 aromatic heterocycles. The lowest BCUT2D eigenvalue weighted by atomic mass is 10.1. The highest BCUT2D eigenvalue weighted by Gasteiger charge is 2.21. The molecule has 0 saturated carbocycles. The molecule has 32 heavy (non-hydrogen) atoms. The molecule has 0 atom stereocenters. The maximum absolute atomic E-state index is 11.9. The van der Waals surface area contributed by atoms with E-state index in [0.717, 1.165) is 63.8 Å². The predicted molar refractivity (Wildman–Crippen MR) is 143 cm³/mol. The van der Waals surface area contributed by atoms with E-state index in [0.29, 0.717) is 18.5 Å². The van der Waals surface area contributed by atoms with Crippen molar-refractivity contribution >= 4 is 35.8 Å². The fraction of sp³-hybridized carbons (Fsp3) is 0.667. The number of guanidine groups is 1. The third-order valence-corrected chi connectivity index (χ3v) is 5.31. The first-order valence-electron chi connectivity index (χ1n) is 11.6. The van der Waals surface area contributed by atoms with Crippen molar-refractivity contribution in [3.63, 3.8) is 0 Å². The highest BCUT2D eigenvalue weighted by molar-refractivity contribution is 14.0. The van der Waals surface area contributed by atoms with E-state index in [1.807, 2.05) is 26.2 Å². The van der Waals surface area contributed by atoms with E-state index in [1.54, 1.807) is 4.90 Å². The van der Waals surface area contributed by atoms with Crippen LogP contribution in [0, 0.1) is 5.92 Å². The van der Waals surface area contributed by atoms with E-state index in [9.17, 15) is 4.79 Å². The van der Waals surface area contributed by atoms with Gasteiger partial charge in [0, 0.05) is 46.3 Å². The molecule has 0 spiro atoms. The molecule has 1 aromatic carbocycles. The van der Waals surface area contributed by atoms with E-state index >= 15 is 0 Å². The summed E-state index contributed by atoms with van der Waals surface area (Å²) in [5.41, 5.74) is 1.26. The normalized spacial score (nSPS) is 15.2. The summed E-state index contributed by atoms with van der Waals surface area (Å²) in [4.78, 5) is 20.6. The molecule has 0 aliphatic carbocycles. The van der Waals surface area contributed by atoms with Gasteiger partial charge in [-0.05, 0) is 49.8 Å². The Bertz CT molecular complexity index is 686. The summed E-state index contributed by atoms with van der Waals surface area (Å²) in [6, 6.07) is 8.72. The van der Waals surface area contributed by atoms with Crippen LogP contribution in [0.15, 0.2) is 29.3 Å². The Morgan fingerprint density at radius 1 is 1.22 bits per heavy atom. The molecule has 1 aliphatic rings. The van der Waals surface area contributed by atoms with Crippen molar-refractivity contribution in [1.29, 1.82) is 0 Å². The number of halogens is 1. The number of likely N-dealkylation sites (N-methyl/N-ethyl adjacent to an activating group) is 1. The average Bonchev–Trinajstić information content (AvgIpc) is 2.74. The lowest BCUT2D eigenvalue weighted by Gasteiger charge is -2.33. The van der Waals surface area contributed by atoms with Crippen LogP contribution in [-0.2, 0) is 11.2 Å². The number of rotatable bonds is 10. The topological polar surface area (TPSA) is 69.2 Å². The summed E-state index contributed by atoms with van der Waals surface area (Å²) in [6.45, 7) is 11.1. The van der Waals surface area contributed by atoms with Crippen molar-refractivity contribution < 1.29 is 9.53 Å². The van der Waals surface area contributed by atoms with Crippen molar-refractivity contribution in [1.82, 2.24) is 20.4 Å². The fourth-order valence-electron chi connectivity index (χ4n) is 3.39. The maximum atomic E-state index is 11.9. The molecular formula is C24H42IN5O2. The number of benzene rings is 1. The molecule has 182 valence electrons. The van der Waals surface area contributed by atoms with Gasteiger partial charge in [0.05, 0.1) is 13.2 Å². The Hall–Kier alpha value is -1.55. The number of carbonyl (C=O) groups is 1. The van der Waals surface area contributed by atoms with Crippen LogP contribution in [-0.4, -0.2) is 81.1 Å². The van der Waals surface area contributed by atoms with Crippen LogP contribution in [0.5, 0.6) is 5.75 Å². The molecule has 2 rings (SSSR count). The van der Waals surface area contributed by atoms with Crippen molar-refractivity contribution in [2.24, 2.45) is 10.9 Å². The zero-order chi connectivity index (χ0) is 22.6. The van der Waals surface area contributed by atoms with E-state index in [-0.39, 0.29) is 29.9 Å². The van der Waals surface area contributed by atoms with Gasteiger partial charge in [0.1, 0.15) is 5.75 Å². The molecule has 1 fully saturated rings. The highest BCUT2D eigenvalue weighted by Crippen LogP contribution is 2.14. The van der Waals surface area contributed by atoms with E-state index in [2.05, 4.69) is 48.4 Å². The zero-order valence-corrected chi connectivity index (χ0v) is 22.7. The molecule has 2 N–H and O–H groups in total. The summed E-state index contributed by atoms with van der Waals surface area (Å²) >= 11 is 0. The van der Waals surface area contributed by atoms with Gasteiger partial charge in [-0.2, -0.15) is 0 Å². The van der Waals surface area contributed by atoms with Gasteiger partial charge in [0.2, 0.25) is 5.91 Å². The van der Waals surface area contributed by atoms with Gasteiger partial charge in [0.15, 0.2) is 5.96 Å². The van der Waals surface area contributed by atoms with Crippen LogP contribution in [0.1, 0.15) is 39.2 Å². The minimum absolute atomic E-state index is 0. The first kappa shape index (κ1) is 28.5. The molecule has 1 saturated heterocycles. The summed E-state index contributed by atoms with van der Waals surface area (Å²) in [5, 5.41) is 6.93. The highest BCUT2D eigenvalue weighted by atomic mass is 127. The number of piperidine rings is 1. The van der Waals surface area contributed by atoms with Gasteiger partial charge in [-0.25, -0.2) is 0 Å². The quantitative estimate of drug-likeness (QED) is 0.262. The summed E-state index contributed by atoms with van der Waals surface area (Å²) < 4.78 is 5.75. The standard InChI is InChI=1S/C24H41N5O2.HI/c1-6-25-24(27-21-12-15-29(16-13-21)17-23(30)28(4)5)26-14-11-20-7-9-22(10-8-20)31-18-19(2)3;/h7-10,19,21H,6,11-18H2,1-5H3,(H2,25,26,27);1H. The lowest BCUT2D eigenvalue weighted by Crippen LogP contribution is -2.50. The molecular weight excluding hydrogens is 517 g/mol. The first-order valence-corrected chi connectivity index (χ1v) is 11.6. The number of ether oxygens (including phenoxy) is 1. The Kier molecular flexibility index (Phi) is 13.6. The number of hydrogen-bond acceptors (Lipinski definition) is 4. The van der Waals surface area contributed by atoms with Crippen molar-refractivity contribution in [2.45, 2.75) is 46.1 Å². The number of nitrogens with zero attached hydrogens (tertiary/aromatic N) is 3. The molecule has 0 unspecified atom stereocenters. The van der Waals surface area contributed by atoms with Crippen LogP contribution >= 0.6 is 24.0 Å². The zero-order valence-electron chi connectivity index (χ0n) is 20.4. The minimum atomic E-state index is 0. The number of aliphatic imine (C=N–C) groups is 1. The molecule has 1 amide bonds. The Labute approximate surface area is 211 Å².